The van der Waals surface area contributed by atoms with E-state index >= 15 is 0 Å². The van der Waals surface area contributed by atoms with Crippen LogP contribution in [0.3, 0.4) is 0 Å². The molecule has 0 aromatic heterocycles. The van der Waals surface area contributed by atoms with Crippen LogP contribution in [0.4, 0.5) is 11.4 Å². The van der Waals surface area contributed by atoms with Crippen LogP contribution in [0.1, 0.15) is 67.8 Å². The lowest BCUT2D eigenvalue weighted by Gasteiger charge is -2.18. The van der Waals surface area contributed by atoms with E-state index in [0.717, 1.165) is 38.5 Å². The minimum absolute atomic E-state index is 0.226. The van der Waals surface area contributed by atoms with Crippen molar-refractivity contribution < 1.29 is 14.6 Å². The van der Waals surface area contributed by atoms with E-state index in [1.165, 1.54) is 6.07 Å². The number of cyclic esters (lactones) is 1. The van der Waals surface area contributed by atoms with Gasteiger partial charge in [-0.15, -0.1) is 4.91 Å². The van der Waals surface area contributed by atoms with Gasteiger partial charge >= 0.3 is 5.97 Å². The van der Waals surface area contributed by atoms with Crippen LogP contribution in [-0.4, -0.2) is 23.3 Å². The van der Waals surface area contributed by atoms with Crippen molar-refractivity contribution >= 4 is 17.3 Å². The second-order valence-electron chi connectivity index (χ2n) is 6.56. The predicted octanol–water partition coefficient (Wildman–Crippen LogP) is 3.86. The molecule has 1 aliphatic heterocycles. The first kappa shape index (κ1) is 18.4. The molecule has 0 amide bonds. The maximum atomic E-state index is 12.5. The highest BCUT2D eigenvalue weighted by Gasteiger charge is 2.21. The zero-order chi connectivity index (χ0) is 17.5. The first-order chi connectivity index (χ1) is 11.5. The molecule has 3 N–H and O–H groups in total. The minimum Gasteiger partial charge on any atom is -0.459 e. The van der Waals surface area contributed by atoms with Crippen molar-refractivity contribution in [3.05, 3.63) is 28.2 Å². The van der Waals surface area contributed by atoms with Crippen LogP contribution in [-0.2, 0) is 11.2 Å². The van der Waals surface area contributed by atoms with E-state index in [9.17, 15) is 14.8 Å². The number of fused-ring (bicyclic) bond motifs is 1. The number of aliphatic hydroxyl groups is 1. The Hall–Kier alpha value is -1.95. The highest BCUT2D eigenvalue weighted by atomic mass is 16.5. The molecule has 1 aliphatic rings. The Morgan fingerprint density at radius 2 is 1.92 bits per heavy atom. The highest BCUT2D eigenvalue weighted by Crippen LogP contribution is 2.28. The van der Waals surface area contributed by atoms with Crippen LogP contribution in [0.25, 0.3) is 0 Å². The molecule has 0 fully saturated rings. The van der Waals surface area contributed by atoms with Crippen LogP contribution in [0.2, 0.25) is 0 Å². The van der Waals surface area contributed by atoms with Crippen LogP contribution >= 0.6 is 0 Å². The van der Waals surface area contributed by atoms with Gasteiger partial charge in [0.15, 0.2) is 0 Å². The Morgan fingerprint density at radius 3 is 2.67 bits per heavy atom. The lowest BCUT2D eigenvalue weighted by molar-refractivity contribution is 0.0310. The van der Waals surface area contributed by atoms with Gasteiger partial charge in [-0.05, 0) is 68.3 Å². The maximum Gasteiger partial charge on any atom is 0.340 e. The number of hydrogen-bond donors (Lipinski definition) is 2. The van der Waals surface area contributed by atoms with Gasteiger partial charge in [0.1, 0.15) is 5.69 Å². The summed E-state index contributed by atoms with van der Waals surface area (Å²) < 4.78 is 5.50. The molecular weight excluding hydrogens is 308 g/mol. The number of esters is 1. The number of nitroso groups, excluding NO2 is 1. The fourth-order valence-corrected chi connectivity index (χ4v) is 3.17. The fourth-order valence-electron chi connectivity index (χ4n) is 3.17. The average Bonchev–Trinajstić information content (AvgIpc) is 2.53. The van der Waals surface area contributed by atoms with Crippen molar-refractivity contribution in [3.8, 4) is 0 Å². The molecule has 132 valence electrons. The molecule has 0 saturated carbocycles. The lowest BCUT2D eigenvalue weighted by Crippen LogP contribution is -2.19. The zero-order valence-corrected chi connectivity index (χ0v) is 14.2. The van der Waals surface area contributed by atoms with Gasteiger partial charge < -0.3 is 15.6 Å². The third-order valence-electron chi connectivity index (χ3n) is 4.48. The summed E-state index contributed by atoms with van der Waals surface area (Å²) in [6, 6.07) is 3.03. The number of rotatable bonds is 1. The lowest BCUT2D eigenvalue weighted by atomic mass is 9.97. The van der Waals surface area contributed by atoms with Gasteiger partial charge in [-0.2, -0.15) is 0 Å². The molecule has 0 bridgehead atoms. The predicted molar refractivity (Wildman–Crippen MR) is 93.2 cm³/mol. The summed E-state index contributed by atoms with van der Waals surface area (Å²) in [4.78, 5) is 23.3. The third-order valence-corrected chi connectivity index (χ3v) is 4.48. The standard InChI is InChI=1S/C18H26N2O4/c1-12-6-5-9-15(21)8-4-2-3-7-13-10-14(20-23)11-16(19)17(13)18(22)24-12/h10-12,15,21H,2-9,19H2,1H3. The molecular formula is C18H26N2O4. The number of aryl methyl sites for hydroxylation is 1. The molecule has 0 spiro atoms. The Morgan fingerprint density at radius 1 is 1.17 bits per heavy atom. The van der Waals surface area contributed by atoms with Gasteiger partial charge in [0.2, 0.25) is 0 Å². The number of carbonyl (C=O) groups excluding carboxylic acids is 1. The van der Waals surface area contributed by atoms with E-state index in [1.807, 2.05) is 6.92 Å². The second-order valence-corrected chi connectivity index (χ2v) is 6.56. The van der Waals surface area contributed by atoms with E-state index in [1.54, 1.807) is 6.07 Å². The van der Waals surface area contributed by atoms with Gasteiger partial charge in [0.25, 0.3) is 0 Å². The molecule has 2 atom stereocenters. The number of nitrogen functional groups attached to an aromatic ring is 1. The summed E-state index contributed by atoms with van der Waals surface area (Å²) in [6.07, 6.45) is 5.87. The molecule has 1 heterocycles. The van der Waals surface area contributed by atoms with E-state index in [4.69, 9.17) is 10.5 Å². The fraction of sp³-hybridized carbons (Fsp3) is 0.611. The van der Waals surface area contributed by atoms with Crippen LogP contribution < -0.4 is 5.73 Å². The van der Waals surface area contributed by atoms with Gasteiger partial charge in [-0.3, -0.25) is 0 Å². The maximum absolute atomic E-state index is 12.5. The topological polar surface area (TPSA) is 102 Å². The Labute approximate surface area is 142 Å². The molecule has 6 nitrogen and oxygen atoms in total. The summed E-state index contributed by atoms with van der Waals surface area (Å²) in [5, 5.41) is 12.9. The highest BCUT2D eigenvalue weighted by molar-refractivity contribution is 5.97. The van der Waals surface area contributed by atoms with E-state index < -0.39 is 5.97 Å². The number of nitrogens with two attached hydrogens (primary N) is 1. The molecule has 1 aromatic carbocycles. The van der Waals surface area contributed by atoms with Crippen molar-refractivity contribution in [2.75, 3.05) is 5.73 Å². The van der Waals surface area contributed by atoms with Crippen molar-refractivity contribution in [1.29, 1.82) is 0 Å². The number of carbonyl (C=O) groups is 1. The molecule has 0 saturated heterocycles. The summed E-state index contributed by atoms with van der Waals surface area (Å²) >= 11 is 0. The van der Waals surface area contributed by atoms with Crippen LogP contribution in [0.15, 0.2) is 17.3 Å². The van der Waals surface area contributed by atoms with E-state index in [-0.39, 0.29) is 23.6 Å². The number of ether oxygens (including phenoxy) is 1. The SMILES string of the molecule is CC1CCCC(O)CCCCCc2cc(N=O)cc(N)c2C(=O)O1. The molecule has 0 aliphatic carbocycles. The third kappa shape index (κ3) is 5.03. The Kier molecular flexibility index (Phi) is 6.73. The van der Waals surface area contributed by atoms with E-state index in [0.29, 0.717) is 24.0 Å². The van der Waals surface area contributed by atoms with Crippen molar-refractivity contribution in [3.63, 3.8) is 0 Å². The van der Waals surface area contributed by atoms with Crippen LogP contribution in [0, 0.1) is 4.91 Å². The summed E-state index contributed by atoms with van der Waals surface area (Å²) in [7, 11) is 0. The Balaban J connectivity index is 2.26. The van der Waals surface area contributed by atoms with Crippen molar-refractivity contribution in [2.45, 2.75) is 70.5 Å². The minimum atomic E-state index is -0.454. The van der Waals surface area contributed by atoms with E-state index in [2.05, 4.69) is 5.18 Å². The monoisotopic (exact) mass is 334 g/mol. The molecule has 1 aromatic rings. The summed E-state index contributed by atoms with van der Waals surface area (Å²) in [5.74, 6) is -0.454. The number of nitrogens with zero attached hydrogens (tertiary/aromatic N) is 1. The molecule has 2 rings (SSSR count). The van der Waals surface area contributed by atoms with Gasteiger partial charge in [0, 0.05) is 5.69 Å². The summed E-state index contributed by atoms with van der Waals surface area (Å²) in [6.45, 7) is 1.84. The largest absolute Gasteiger partial charge is 0.459 e. The van der Waals surface area contributed by atoms with Crippen molar-refractivity contribution in [2.24, 2.45) is 5.18 Å². The number of aliphatic hydroxyl groups excluding tert-OH is 1. The molecule has 6 heteroatoms. The first-order valence-electron chi connectivity index (χ1n) is 8.66. The van der Waals surface area contributed by atoms with Gasteiger partial charge in [-0.1, -0.05) is 12.8 Å². The number of anilines is 1. The zero-order valence-electron chi connectivity index (χ0n) is 14.2. The molecule has 0 radical (unpaired) electrons. The number of hydrogen-bond acceptors (Lipinski definition) is 6. The van der Waals surface area contributed by atoms with Gasteiger partial charge in [-0.25, -0.2) is 4.79 Å². The quantitative estimate of drug-likeness (QED) is 0.461. The first-order valence-corrected chi connectivity index (χ1v) is 8.66. The molecule has 2 unspecified atom stereocenters. The molecule has 24 heavy (non-hydrogen) atoms. The van der Waals surface area contributed by atoms with Crippen LogP contribution in [0.5, 0.6) is 0 Å². The number of benzene rings is 1. The smallest absolute Gasteiger partial charge is 0.340 e. The second kappa shape index (κ2) is 8.78. The normalized spacial score (nSPS) is 23.7. The summed E-state index contributed by atoms with van der Waals surface area (Å²) in [5.41, 5.74) is 7.50. The van der Waals surface area contributed by atoms with Crippen molar-refractivity contribution in [1.82, 2.24) is 0 Å². The average molecular weight is 334 g/mol. The Bertz CT molecular complexity index is 589. The van der Waals surface area contributed by atoms with Gasteiger partial charge in [0.05, 0.1) is 17.8 Å².